The summed E-state index contributed by atoms with van der Waals surface area (Å²) in [5.74, 6) is 0. The van der Waals surface area contributed by atoms with Crippen LogP contribution in [0.25, 0.3) is 0 Å². The minimum Gasteiger partial charge on any atom is -0.317 e. The Morgan fingerprint density at radius 1 is 0.850 bits per heavy atom. The molecule has 0 aliphatic carbocycles. The van der Waals surface area contributed by atoms with E-state index in [1.807, 2.05) is 0 Å². The van der Waals surface area contributed by atoms with Crippen LogP contribution in [-0.2, 0) is 0 Å². The number of nitrogens with one attached hydrogen (secondary N) is 1. The minimum atomic E-state index is -0.222. The highest BCUT2D eigenvalue weighted by Crippen LogP contribution is 2.06. The molecule has 0 saturated carbocycles. The first-order valence-corrected chi connectivity index (χ1v) is 9.01. The van der Waals surface area contributed by atoms with Crippen LogP contribution < -0.4 is 5.32 Å². The van der Waals surface area contributed by atoms with Crippen molar-refractivity contribution < 1.29 is 0 Å². The van der Waals surface area contributed by atoms with E-state index < -0.39 is 0 Å². The number of alkyl halides is 4. The van der Waals surface area contributed by atoms with Gasteiger partial charge in [-0.3, -0.25) is 9.80 Å². The van der Waals surface area contributed by atoms with Gasteiger partial charge in [0, 0.05) is 39.3 Å². The maximum absolute atomic E-state index is 5.04. The van der Waals surface area contributed by atoms with Crippen LogP contribution in [0.5, 0.6) is 0 Å². The molecular weight excluding hydrogens is 340 g/mol. The van der Waals surface area contributed by atoms with Gasteiger partial charge in [-0.15, -0.1) is 46.4 Å². The zero-order valence-corrected chi connectivity index (χ0v) is 15.9. The van der Waals surface area contributed by atoms with E-state index in [0.717, 1.165) is 13.1 Å². The molecule has 0 aromatic carbocycles. The van der Waals surface area contributed by atoms with Crippen molar-refractivity contribution in [3.05, 3.63) is 0 Å². The van der Waals surface area contributed by atoms with Crippen LogP contribution in [-0.4, -0.2) is 72.3 Å². The second-order valence-electron chi connectivity index (χ2n) is 4.26. The Morgan fingerprint density at radius 2 is 1.05 bits per heavy atom. The average Bonchev–Trinajstić information content (AvgIpc) is 2.43. The number of halogens is 4. The lowest BCUT2D eigenvalue weighted by Crippen LogP contribution is -2.55. The molecule has 3 rings (SSSR count). The highest BCUT2D eigenvalue weighted by atomic mass is 35.5. The lowest BCUT2D eigenvalue weighted by atomic mass is 10.2. The fraction of sp³-hybridized carbons (Fsp3) is 1.00. The Bertz CT molecular complexity index is 149. The first-order chi connectivity index (χ1) is 9.51. The average molecular weight is 369 g/mol. The van der Waals surface area contributed by atoms with Crippen molar-refractivity contribution in [3.63, 3.8) is 0 Å². The fourth-order valence-corrected chi connectivity index (χ4v) is 1.77. The van der Waals surface area contributed by atoms with Crippen LogP contribution in [0.3, 0.4) is 0 Å². The van der Waals surface area contributed by atoms with Gasteiger partial charge in [-0.25, -0.2) is 0 Å². The molecular formula is C13H29Cl4N3. The van der Waals surface area contributed by atoms with Crippen LogP contribution in [0.4, 0.5) is 0 Å². The van der Waals surface area contributed by atoms with Crippen molar-refractivity contribution in [1.82, 2.24) is 15.1 Å². The van der Waals surface area contributed by atoms with Crippen LogP contribution in [0.2, 0.25) is 0 Å². The molecule has 3 nitrogen and oxygen atoms in total. The summed E-state index contributed by atoms with van der Waals surface area (Å²) in [6.07, 6.45) is 0. The Balaban J connectivity index is 0. The standard InChI is InChI=1S/C6H12N2.C4H11N.C2H4Cl2.CH2Cl2/c1-2-8-5-3-7(1)4-6-8;1-3-5-4-2;1-2(3)4;2-1-3/h1-6H2;5H,3-4H2,1-2H3;2H,1H3;1H2. The molecule has 3 heterocycles. The van der Waals surface area contributed by atoms with Crippen LogP contribution in [0, 0.1) is 0 Å². The molecule has 0 amide bonds. The smallest absolute Gasteiger partial charge is 0.105 e. The fourth-order valence-electron chi connectivity index (χ4n) is 1.77. The van der Waals surface area contributed by atoms with Crippen molar-refractivity contribution in [2.45, 2.75) is 25.6 Å². The van der Waals surface area contributed by atoms with E-state index in [1.165, 1.54) is 39.3 Å². The van der Waals surface area contributed by atoms with Crippen molar-refractivity contribution in [2.24, 2.45) is 0 Å². The molecule has 7 heteroatoms. The summed E-state index contributed by atoms with van der Waals surface area (Å²) < 4.78 is 0. The molecule has 0 radical (unpaired) electrons. The number of nitrogens with zero attached hydrogens (tertiary/aromatic N) is 2. The predicted octanol–water partition coefficient (Wildman–Crippen LogP) is 3.46. The van der Waals surface area contributed by atoms with Crippen LogP contribution in [0.1, 0.15) is 20.8 Å². The van der Waals surface area contributed by atoms with E-state index in [2.05, 4.69) is 29.0 Å². The quantitative estimate of drug-likeness (QED) is 0.753. The maximum Gasteiger partial charge on any atom is 0.105 e. The Morgan fingerprint density at radius 3 is 1.10 bits per heavy atom. The van der Waals surface area contributed by atoms with Gasteiger partial charge in [-0.05, 0) is 20.0 Å². The van der Waals surface area contributed by atoms with E-state index in [1.54, 1.807) is 6.92 Å². The normalized spacial score (nSPS) is 22.8. The Kier molecular flexibility index (Phi) is 21.1. The molecule has 0 aromatic rings. The number of piperazine rings is 3. The summed E-state index contributed by atoms with van der Waals surface area (Å²) in [5, 5.41) is 3.31. The molecule has 1 N–H and O–H groups in total. The van der Waals surface area contributed by atoms with Gasteiger partial charge in [0.1, 0.15) is 4.84 Å². The highest BCUT2D eigenvalue weighted by molar-refractivity contribution is 6.43. The summed E-state index contributed by atoms with van der Waals surface area (Å²) in [6, 6.07) is 0. The maximum atomic E-state index is 5.04. The molecule has 0 aromatic heterocycles. The van der Waals surface area contributed by atoms with E-state index in [9.17, 15) is 0 Å². The molecule has 0 unspecified atom stereocenters. The second kappa shape index (κ2) is 18.1. The Hall–Kier alpha value is 1.04. The number of hydrogen-bond donors (Lipinski definition) is 1. The molecule has 0 atom stereocenters. The van der Waals surface area contributed by atoms with Gasteiger partial charge in [0.05, 0.1) is 5.34 Å². The van der Waals surface area contributed by atoms with Gasteiger partial charge in [0.2, 0.25) is 0 Å². The molecule has 3 fully saturated rings. The zero-order chi connectivity index (χ0) is 15.8. The molecule has 2 bridgehead atoms. The lowest BCUT2D eigenvalue weighted by molar-refractivity contribution is 0.0647. The summed E-state index contributed by atoms with van der Waals surface area (Å²) >= 11 is 19.6. The summed E-state index contributed by atoms with van der Waals surface area (Å²) in [7, 11) is 0. The van der Waals surface area contributed by atoms with E-state index in [4.69, 9.17) is 46.4 Å². The molecule has 0 spiro atoms. The van der Waals surface area contributed by atoms with Gasteiger partial charge in [-0.2, -0.15) is 0 Å². The third-order valence-corrected chi connectivity index (χ3v) is 2.70. The molecule has 3 aliphatic rings. The summed E-state index contributed by atoms with van der Waals surface area (Å²) in [6.45, 7) is 16.0. The first kappa shape index (κ1) is 23.3. The van der Waals surface area contributed by atoms with Gasteiger partial charge < -0.3 is 5.32 Å². The topological polar surface area (TPSA) is 18.5 Å². The highest BCUT2D eigenvalue weighted by Gasteiger charge is 2.21. The van der Waals surface area contributed by atoms with Gasteiger partial charge >= 0.3 is 0 Å². The van der Waals surface area contributed by atoms with E-state index in [-0.39, 0.29) is 10.2 Å². The summed E-state index contributed by atoms with van der Waals surface area (Å²) in [4.78, 5) is 4.86. The second-order valence-corrected chi connectivity index (χ2v) is 6.60. The van der Waals surface area contributed by atoms with Crippen molar-refractivity contribution in [2.75, 3.05) is 57.7 Å². The number of hydrogen-bond acceptors (Lipinski definition) is 3. The van der Waals surface area contributed by atoms with Crippen molar-refractivity contribution in [1.29, 1.82) is 0 Å². The van der Waals surface area contributed by atoms with Crippen molar-refractivity contribution in [3.8, 4) is 0 Å². The molecule has 3 saturated heterocycles. The third-order valence-electron chi connectivity index (χ3n) is 2.70. The SMILES string of the molecule is C1CN2CCN1CC2.CC(Cl)Cl.CCNCC.ClCCl. The van der Waals surface area contributed by atoms with Gasteiger partial charge in [0.25, 0.3) is 0 Å². The zero-order valence-electron chi connectivity index (χ0n) is 12.8. The van der Waals surface area contributed by atoms with E-state index in [0.29, 0.717) is 0 Å². The first-order valence-electron chi connectivity index (χ1n) is 7.07. The van der Waals surface area contributed by atoms with Crippen molar-refractivity contribution >= 4 is 46.4 Å². The monoisotopic (exact) mass is 367 g/mol. The molecule has 20 heavy (non-hydrogen) atoms. The lowest BCUT2D eigenvalue weighted by Gasteiger charge is -2.41. The van der Waals surface area contributed by atoms with Crippen LogP contribution >= 0.6 is 46.4 Å². The number of fused-ring (bicyclic) bond motifs is 3. The summed E-state index contributed by atoms with van der Waals surface area (Å²) in [5.41, 5.74) is 0. The van der Waals surface area contributed by atoms with Crippen LogP contribution in [0.15, 0.2) is 0 Å². The number of rotatable bonds is 2. The predicted molar refractivity (Wildman–Crippen MR) is 94.8 cm³/mol. The van der Waals surface area contributed by atoms with Gasteiger partial charge in [0.15, 0.2) is 0 Å². The molecule has 124 valence electrons. The largest absolute Gasteiger partial charge is 0.317 e. The molecule has 3 aliphatic heterocycles. The third kappa shape index (κ3) is 19.0. The Labute approximate surface area is 144 Å². The minimum absolute atomic E-state index is 0.194. The van der Waals surface area contributed by atoms with E-state index >= 15 is 0 Å². The van der Waals surface area contributed by atoms with Gasteiger partial charge in [-0.1, -0.05) is 13.8 Å².